The molecular weight excluding hydrogens is 316 g/mol. The minimum atomic E-state index is -0.699. The van der Waals surface area contributed by atoms with Crippen LogP contribution < -0.4 is 5.32 Å². The summed E-state index contributed by atoms with van der Waals surface area (Å²) in [5, 5.41) is 13.7. The number of nitrogens with zero attached hydrogens (tertiary/aromatic N) is 1. The molecule has 6 heteroatoms. The minimum absolute atomic E-state index is 0.00529. The summed E-state index contributed by atoms with van der Waals surface area (Å²) >= 11 is 5.93. The highest BCUT2D eigenvalue weighted by Crippen LogP contribution is 2.28. The van der Waals surface area contributed by atoms with Crippen LogP contribution in [-0.2, 0) is 0 Å². The predicted octanol–water partition coefficient (Wildman–Crippen LogP) is 4.05. The molecule has 0 aliphatic carbocycles. The molecule has 0 saturated carbocycles. The minimum Gasteiger partial charge on any atom is -0.467 e. The molecule has 122 valence electrons. The fourth-order valence-electron chi connectivity index (χ4n) is 2.96. The van der Waals surface area contributed by atoms with Crippen molar-refractivity contribution < 1.29 is 14.3 Å². The quantitative estimate of drug-likeness (QED) is 0.886. The van der Waals surface area contributed by atoms with Gasteiger partial charge in [0.25, 0.3) is 0 Å². The second-order valence-corrected chi connectivity index (χ2v) is 6.13. The molecule has 1 aliphatic heterocycles. The van der Waals surface area contributed by atoms with Crippen LogP contribution in [0.15, 0.2) is 47.1 Å². The number of halogens is 1. The highest BCUT2D eigenvalue weighted by molar-refractivity contribution is 6.30. The van der Waals surface area contributed by atoms with E-state index in [2.05, 4.69) is 5.32 Å². The third-order valence-electron chi connectivity index (χ3n) is 4.08. The number of carbonyl (C=O) groups is 1. The van der Waals surface area contributed by atoms with Gasteiger partial charge in [0, 0.05) is 29.7 Å². The van der Waals surface area contributed by atoms with Crippen molar-refractivity contribution in [1.29, 1.82) is 0 Å². The summed E-state index contributed by atoms with van der Waals surface area (Å²) in [4.78, 5) is 14.2. The van der Waals surface area contributed by atoms with Crippen LogP contribution in [0.5, 0.6) is 0 Å². The van der Waals surface area contributed by atoms with E-state index in [9.17, 15) is 9.90 Å². The Hall–Kier alpha value is -1.98. The number of likely N-dealkylation sites (tertiary alicyclic amines) is 1. The molecule has 5 nitrogen and oxygen atoms in total. The van der Waals surface area contributed by atoms with E-state index in [1.54, 1.807) is 41.3 Å². The Kier molecular flexibility index (Phi) is 4.88. The van der Waals surface area contributed by atoms with E-state index in [0.29, 0.717) is 29.4 Å². The zero-order chi connectivity index (χ0) is 16.2. The zero-order valence-electron chi connectivity index (χ0n) is 12.6. The number of urea groups is 1. The summed E-state index contributed by atoms with van der Waals surface area (Å²) in [5.74, 6) is 0.534. The van der Waals surface area contributed by atoms with E-state index in [-0.39, 0.29) is 12.1 Å². The van der Waals surface area contributed by atoms with Crippen LogP contribution in [-0.4, -0.2) is 28.6 Å². The van der Waals surface area contributed by atoms with Gasteiger partial charge in [0.1, 0.15) is 11.9 Å². The molecule has 2 N–H and O–H groups in total. The zero-order valence-corrected chi connectivity index (χ0v) is 13.4. The lowest BCUT2D eigenvalue weighted by Gasteiger charge is -2.26. The summed E-state index contributed by atoms with van der Waals surface area (Å²) in [6.45, 7) is 0.682. The van der Waals surface area contributed by atoms with Crippen molar-refractivity contribution in [3.8, 4) is 0 Å². The monoisotopic (exact) mass is 334 g/mol. The van der Waals surface area contributed by atoms with Crippen molar-refractivity contribution in [2.45, 2.75) is 31.4 Å². The first-order valence-electron chi connectivity index (χ1n) is 7.68. The Bertz CT molecular complexity index is 660. The molecule has 2 aromatic rings. The number of aliphatic hydroxyl groups is 1. The second kappa shape index (κ2) is 7.06. The van der Waals surface area contributed by atoms with Gasteiger partial charge in [0.15, 0.2) is 0 Å². The molecule has 1 fully saturated rings. The van der Waals surface area contributed by atoms with Crippen molar-refractivity contribution in [2.75, 3.05) is 11.9 Å². The molecule has 23 heavy (non-hydrogen) atoms. The standard InChI is InChI=1S/C17H19ClN2O3/c18-12-4-1-5-13(10-12)19-17(22)20-8-2-6-14(20)11-15(21)16-7-3-9-23-16/h1,3-5,7,9-10,14-15,21H,2,6,8,11H2,(H,19,22). The Morgan fingerprint density at radius 2 is 2.30 bits per heavy atom. The SMILES string of the molecule is O=C(Nc1cccc(Cl)c1)N1CCCC1CC(O)c1ccco1. The summed E-state index contributed by atoms with van der Waals surface area (Å²) in [7, 11) is 0. The fraction of sp³-hybridized carbons (Fsp3) is 0.353. The van der Waals surface area contributed by atoms with E-state index in [1.807, 2.05) is 0 Å². The van der Waals surface area contributed by atoms with Gasteiger partial charge in [-0.3, -0.25) is 0 Å². The number of hydrogen-bond acceptors (Lipinski definition) is 3. The molecule has 0 bridgehead atoms. The molecule has 0 radical (unpaired) electrons. The van der Waals surface area contributed by atoms with Gasteiger partial charge in [0.05, 0.1) is 6.26 Å². The van der Waals surface area contributed by atoms with Crippen molar-refractivity contribution >= 4 is 23.3 Å². The van der Waals surface area contributed by atoms with Gasteiger partial charge in [0.2, 0.25) is 0 Å². The third kappa shape index (κ3) is 3.86. The number of anilines is 1. The lowest BCUT2D eigenvalue weighted by molar-refractivity contribution is 0.110. The van der Waals surface area contributed by atoms with Gasteiger partial charge >= 0.3 is 6.03 Å². The second-order valence-electron chi connectivity index (χ2n) is 5.70. The Morgan fingerprint density at radius 1 is 1.43 bits per heavy atom. The molecule has 2 unspecified atom stereocenters. The Morgan fingerprint density at radius 3 is 3.04 bits per heavy atom. The molecular formula is C17H19ClN2O3. The number of aliphatic hydroxyl groups excluding tert-OH is 1. The van der Waals surface area contributed by atoms with Crippen molar-refractivity contribution in [1.82, 2.24) is 4.90 Å². The van der Waals surface area contributed by atoms with Crippen LogP contribution in [0.25, 0.3) is 0 Å². The molecule has 2 amide bonds. The fourth-order valence-corrected chi connectivity index (χ4v) is 3.15. The van der Waals surface area contributed by atoms with Gasteiger partial charge in [-0.25, -0.2) is 4.79 Å². The smallest absolute Gasteiger partial charge is 0.322 e. The van der Waals surface area contributed by atoms with E-state index in [1.165, 1.54) is 6.26 Å². The van der Waals surface area contributed by atoms with Gasteiger partial charge in [-0.15, -0.1) is 0 Å². The highest BCUT2D eigenvalue weighted by atomic mass is 35.5. The normalized spacial score (nSPS) is 18.9. The maximum absolute atomic E-state index is 12.5. The predicted molar refractivity (Wildman–Crippen MR) is 88.5 cm³/mol. The van der Waals surface area contributed by atoms with Crippen LogP contribution in [0.3, 0.4) is 0 Å². The summed E-state index contributed by atoms with van der Waals surface area (Å²) < 4.78 is 5.23. The molecule has 3 rings (SSSR count). The average Bonchev–Trinajstić information content (AvgIpc) is 3.18. The summed E-state index contributed by atoms with van der Waals surface area (Å²) in [6.07, 6.45) is 3.11. The van der Waals surface area contributed by atoms with E-state index in [4.69, 9.17) is 16.0 Å². The number of nitrogens with one attached hydrogen (secondary N) is 1. The van der Waals surface area contributed by atoms with Crippen molar-refractivity contribution in [2.24, 2.45) is 0 Å². The van der Waals surface area contributed by atoms with E-state index < -0.39 is 6.10 Å². The Balaban J connectivity index is 1.63. The first-order valence-corrected chi connectivity index (χ1v) is 8.06. The highest BCUT2D eigenvalue weighted by Gasteiger charge is 2.31. The average molecular weight is 335 g/mol. The molecule has 2 atom stereocenters. The number of carbonyl (C=O) groups excluding carboxylic acids is 1. The van der Waals surface area contributed by atoms with Crippen LogP contribution in [0.4, 0.5) is 10.5 Å². The first-order chi connectivity index (χ1) is 11.1. The van der Waals surface area contributed by atoms with Crippen molar-refractivity contribution in [3.63, 3.8) is 0 Å². The third-order valence-corrected chi connectivity index (χ3v) is 4.32. The summed E-state index contributed by atoms with van der Waals surface area (Å²) in [5.41, 5.74) is 0.666. The Labute approximate surface area is 139 Å². The lowest BCUT2D eigenvalue weighted by atomic mass is 10.1. The van der Waals surface area contributed by atoms with Gasteiger partial charge in [-0.2, -0.15) is 0 Å². The number of rotatable bonds is 4. The van der Waals surface area contributed by atoms with Crippen molar-refractivity contribution in [3.05, 3.63) is 53.4 Å². The van der Waals surface area contributed by atoms with Crippen LogP contribution in [0.1, 0.15) is 31.1 Å². The van der Waals surface area contributed by atoms with E-state index >= 15 is 0 Å². The molecule has 1 aromatic carbocycles. The number of benzene rings is 1. The number of hydrogen-bond donors (Lipinski definition) is 2. The number of furan rings is 1. The molecule has 2 heterocycles. The van der Waals surface area contributed by atoms with E-state index in [0.717, 1.165) is 12.8 Å². The topological polar surface area (TPSA) is 65.7 Å². The van der Waals surface area contributed by atoms with Gasteiger partial charge in [-0.05, 0) is 43.2 Å². The lowest BCUT2D eigenvalue weighted by Crippen LogP contribution is -2.39. The molecule has 1 aromatic heterocycles. The maximum atomic E-state index is 12.5. The van der Waals surface area contributed by atoms with Gasteiger partial charge < -0.3 is 19.7 Å². The number of amides is 2. The van der Waals surface area contributed by atoms with Crippen LogP contribution >= 0.6 is 11.6 Å². The molecule has 1 aliphatic rings. The maximum Gasteiger partial charge on any atom is 0.322 e. The van der Waals surface area contributed by atoms with Crippen LogP contribution in [0.2, 0.25) is 5.02 Å². The van der Waals surface area contributed by atoms with Gasteiger partial charge in [-0.1, -0.05) is 17.7 Å². The molecule has 1 saturated heterocycles. The first kappa shape index (κ1) is 15.9. The van der Waals surface area contributed by atoms with Crippen LogP contribution in [0, 0.1) is 0 Å². The summed E-state index contributed by atoms with van der Waals surface area (Å²) in [6, 6.07) is 10.4. The molecule has 0 spiro atoms. The largest absolute Gasteiger partial charge is 0.467 e.